The lowest BCUT2D eigenvalue weighted by Gasteiger charge is -2.33. The Hall–Kier alpha value is -4.32. The molecule has 2 heterocycles. The highest BCUT2D eigenvalue weighted by Crippen LogP contribution is 2.46. The first kappa shape index (κ1) is 29.4. The predicted molar refractivity (Wildman–Crippen MR) is 180 cm³/mol. The van der Waals surface area contributed by atoms with Crippen LogP contribution in [0.3, 0.4) is 0 Å². The highest BCUT2D eigenvalue weighted by molar-refractivity contribution is 6.41. The van der Waals surface area contributed by atoms with Gasteiger partial charge in [0.15, 0.2) is 0 Å². The average molecular weight is 601 g/mol. The summed E-state index contributed by atoms with van der Waals surface area (Å²) in [5.74, 6) is -0.961. The van der Waals surface area contributed by atoms with Crippen molar-refractivity contribution in [3.63, 3.8) is 0 Å². The summed E-state index contributed by atoms with van der Waals surface area (Å²) < 4.78 is 0. The van der Waals surface area contributed by atoms with Crippen molar-refractivity contribution in [2.75, 3.05) is 6.54 Å². The van der Waals surface area contributed by atoms with Crippen molar-refractivity contribution < 1.29 is 19.2 Å². The van der Waals surface area contributed by atoms with Gasteiger partial charge in [0.25, 0.3) is 23.6 Å². The molecular formula is C39H40N2O4. The van der Waals surface area contributed by atoms with Gasteiger partial charge in [-0.05, 0) is 87.7 Å². The zero-order valence-corrected chi connectivity index (χ0v) is 26.9. The van der Waals surface area contributed by atoms with Crippen molar-refractivity contribution in [3.05, 3.63) is 70.8 Å². The van der Waals surface area contributed by atoms with Gasteiger partial charge in [0.05, 0.1) is 0 Å². The minimum absolute atomic E-state index is 0.152. The Morgan fingerprint density at radius 1 is 0.533 bits per heavy atom. The van der Waals surface area contributed by atoms with E-state index >= 15 is 0 Å². The molecule has 0 radical (unpaired) electrons. The number of hydrogen-bond donors (Lipinski definition) is 0. The van der Waals surface area contributed by atoms with E-state index in [-0.39, 0.29) is 29.7 Å². The summed E-state index contributed by atoms with van der Waals surface area (Å²) in [6.45, 7) is 11.2. The quantitative estimate of drug-likeness (QED) is 0.0732. The van der Waals surface area contributed by atoms with Gasteiger partial charge in [-0.15, -0.1) is 0 Å². The molecule has 2 aliphatic rings. The van der Waals surface area contributed by atoms with Gasteiger partial charge in [-0.25, -0.2) is 0 Å². The second kappa shape index (κ2) is 10.6. The van der Waals surface area contributed by atoms with Crippen molar-refractivity contribution in [3.8, 4) is 0 Å². The van der Waals surface area contributed by atoms with Crippen LogP contribution in [-0.2, 0) is 0 Å². The molecule has 7 rings (SSSR count). The second-order valence-electron chi connectivity index (χ2n) is 14.1. The molecule has 6 nitrogen and oxygen atoms in total. The van der Waals surface area contributed by atoms with E-state index in [0.717, 1.165) is 64.4 Å². The van der Waals surface area contributed by atoms with Crippen LogP contribution >= 0.6 is 0 Å². The Morgan fingerprint density at radius 2 is 0.933 bits per heavy atom. The average Bonchev–Trinajstić information content (AvgIpc) is 3.02. The van der Waals surface area contributed by atoms with Crippen LogP contribution in [0.25, 0.3) is 43.1 Å². The molecule has 45 heavy (non-hydrogen) atoms. The topological polar surface area (TPSA) is 74.8 Å². The molecular weight excluding hydrogens is 560 g/mol. The van der Waals surface area contributed by atoms with Gasteiger partial charge in [-0.2, -0.15) is 0 Å². The Balaban J connectivity index is 1.32. The lowest BCUT2D eigenvalue weighted by molar-refractivity contribution is 0.0527. The molecule has 0 unspecified atom stereocenters. The zero-order chi connectivity index (χ0) is 31.8. The Labute approximate surface area is 263 Å². The van der Waals surface area contributed by atoms with Crippen LogP contribution in [0.4, 0.5) is 0 Å². The fourth-order valence-corrected chi connectivity index (χ4v) is 7.80. The molecule has 230 valence electrons. The number of rotatable bonds is 9. The first-order chi connectivity index (χ1) is 21.6. The molecule has 0 N–H and O–H groups in total. The van der Waals surface area contributed by atoms with E-state index in [1.807, 2.05) is 62.4 Å². The molecule has 0 atom stereocenters. The Kier molecular flexibility index (Phi) is 6.95. The lowest BCUT2D eigenvalue weighted by atomic mass is 9.82. The largest absolute Gasteiger partial charge is 0.274 e. The lowest BCUT2D eigenvalue weighted by Crippen LogP contribution is -2.46. The van der Waals surface area contributed by atoms with Crippen molar-refractivity contribution in [1.82, 2.24) is 9.80 Å². The van der Waals surface area contributed by atoms with Gasteiger partial charge >= 0.3 is 0 Å². The molecule has 0 saturated carbocycles. The maximum atomic E-state index is 13.8. The third kappa shape index (κ3) is 4.36. The number of amides is 4. The molecule has 4 amide bonds. The Bertz CT molecular complexity index is 1940. The predicted octanol–water partition coefficient (Wildman–Crippen LogP) is 9.11. The van der Waals surface area contributed by atoms with Crippen molar-refractivity contribution >= 4 is 66.7 Å². The first-order valence-corrected chi connectivity index (χ1v) is 16.5. The summed E-state index contributed by atoms with van der Waals surface area (Å²) in [7, 11) is 0. The van der Waals surface area contributed by atoms with Crippen molar-refractivity contribution in [1.29, 1.82) is 0 Å². The van der Waals surface area contributed by atoms with Crippen LogP contribution in [0, 0.1) is 5.41 Å². The Morgan fingerprint density at radius 3 is 1.33 bits per heavy atom. The molecule has 0 saturated heterocycles. The van der Waals surface area contributed by atoms with Crippen molar-refractivity contribution in [2.24, 2.45) is 5.41 Å². The highest BCUT2D eigenvalue weighted by atomic mass is 16.2. The number of hydrogen-bond acceptors (Lipinski definition) is 4. The number of imide groups is 2. The maximum absolute atomic E-state index is 13.8. The van der Waals surface area contributed by atoms with E-state index < -0.39 is 0 Å². The van der Waals surface area contributed by atoms with E-state index in [1.54, 1.807) is 0 Å². The number of nitrogens with zero attached hydrogens (tertiary/aromatic N) is 2. The second-order valence-corrected chi connectivity index (χ2v) is 14.1. The molecule has 0 bridgehead atoms. The summed E-state index contributed by atoms with van der Waals surface area (Å²) in [5.41, 5.74) is 2.52. The number of carbonyl (C=O) groups excluding carboxylic acids is 4. The summed E-state index contributed by atoms with van der Waals surface area (Å²) in [6, 6.07) is 15.1. The molecule has 6 heteroatoms. The number of unbranched alkanes of at least 4 members (excludes halogenated alkanes) is 3. The summed E-state index contributed by atoms with van der Waals surface area (Å²) in [6.07, 6.45) is 6.59. The molecule has 0 aromatic heterocycles. The number of benzene rings is 5. The normalized spacial score (nSPS) is 15.3. The van der Waals surface area contributed by atoms with E-state index in [2.05, 4.69) is 20.8 Å². The zero-order valence-electron chi connectivity index (χ0n) is 26.9. The third-order valence-corrected chi connectivity index (χ3v) is 10.1. The summed E-state index contributed by atoms with van der Waals surface area (Å²) >= 11 is 0. The molecule has 5 aromatic rings. The van der Waals surface area contributed by atoms with E-state index in [4.69, 9.17) is 0 Å². The number of fused-ring (bicyclic) bond motifs is 2. The van der Waals surface area contributed by atoms with Crippen LogP contribution in [0.1, 0.15) is 121 Å². The summed E-state index contributed by atoms with van der Waals surface area (Å²) in [5, 5.41) is 6.82. The fraction of sp³-hybridized carbons (Fsp3) is 0.385. The van der Waals surface area contributed by atoms with Crippen LogP contribution < -0.4 is 0 Å². The van der Waals surface area contributed by atoms with Gasteiger partial charge in [0.1, 0.15) is 0 Å². The SMILES string of the molecule is CCC(CC)N1C(=O)c2ccc3c4ccc5c6c(ccc(c7ccc(c2c37)C1=O)c64)C(=O)N(CCCCCCC(C)(C)C)C5=O. The third-order valence-electron chi connectivity index (χ3n) is 10.1. The monoisotopic (exact) mass is 600 g/mol. The van der Waals surface area contributed by atoms with E-state index in [1.165, 1.54) is 9.80 Å². The fourth-order valence-electron chi connectivity index (χ4n) is 7.80. The molecule has 0 aliphatic carbocycles. The summed E-state index contributed by atoms with van der Waals surface area (Å²) in [4.78, 5) is 58.0. The maximum Gasteiger partial charge on any atom is 0.261 e. The minimum atomic E-state index is -0.244. The van der Waals surface area contributed by atoms with Crippen LogP contribution in [-0.4, -0.2) is 46.0 Å². The molecule has 0 spiro atoms. The van der Waals surface area contributed by atoms with Gasteiger partial charge < -0.3 is 0 Å². The van der Waals surface area contributed by atoms with Gasteiger partial charge in [-0.1, -0.05) is 78.1 Å². The van der Waals surface area contributed by atoms with Crippen LogP contribution in [0.15, 0.2) is 48.5 Å². The number of carbonyl (C=O) groups is 4. The highest BCUT2D eigenvalue weighted by Gasteiger charge is 2.38. The van der Waals surface area contributed by atoms with Gasteiger partial charge in [-0.3, -0.25) is 29.0 Å². The molecule has 2 aliphatic heterocycles. The molecule has 5 aromatic carbocycles. The van der Waals surface area contributed by atoms with Gasteiger partial charge in [0.2, 0.25) is 0 Å². The molecule has 0 fully saturated rings. The minimum Gasteiger partial charge on any atom is -0.274 e. The first-order valence-electron chi connectivity index (χ1n) is 16.5. The van der Waals surface area contributed by atoms with E-state index in [9.17, 15) is 19.2 Å². The van der Waals surface area contributed by atoms with E-state index in [0.29, 0.717) is 57.8 Å². The van der Waals surface area contributed by atoms with Crippen LogP contribution in [0.5, 0.6) is 0 Å². The van der Waals surface area contributed by atoms with Gasteiger partial charge in [0, 0.05) is 45.6 Å². The standard InChI is InChI=1S/C39H40N2O4/c1-6-22(7-2)41-37(44)29-18-14-25-23-12-16-27-33-28(36(43)40(35(27)42)21-11-9-8-10-20-39(3,4)5)17-13-24(31(23)33)26-15-19-30(38(41)45)34(29)32(25)26/h12-19,22H,6-11,20-21H2,1-5H3. The van der Waals surface area contributed by atoms with Crippen molar-refractivity contribution in [2.45, 2.75) is 85.6 Å². The van der Waals surface area contributed by atoms with Crippen LogP contribution in [0.2, 0.25) is 0 Å². The smallest absolute Gasteiger partial charge is 0.261 e.